The average molecular weight is 318 g/mol. The lowest BCUT2D eigenvalue weighted by Crippen LogP contribution is -2.20. The Hall–Kier alpha value is -1.72. The number of aryl methyl sites for hydroxylation is 1. The molecule has 5 heteroatoms. The summed E-state index contributed by atoms with van der Waals surface area (Å²) in [5.41, 5.74) is 2.10. The van der Waals surface area contributed by atoms with Crippen LogP contribution in [0.4, 0.5) is 0 Å². The Bertz CT molecular complexity index is 643. The van der Waals surface area contributed by atoms with Crippen LogP contribution in [0.1, 0.15) is 37.4 Å². The van der Waals surface area contributed by atoms with Gasteiger partial charge in [0.15, 0.2) is 0 Å². The number of nitrogens with zero attached hydrogens (tertiary/aromatic N) is 1. The molecule has 2 N–H and O–H groups in total. The highest BCUT2D eigenvalue weighted by Crippen LogP contribution is 2.27. The van der Waals surface area contributed by atoms with Gasteiger partial charge in [-0.3, -0.25) is 10.1 Å². The summed E-state index contributed by atoms with van der Waals surface area (Å²) in [5, 5.41) is 5.42. The third-order valence-electron chi connectivity index (χ3n) is 3.63. The van der Waals surface area contributed by atoms with Crippen molar-refractivity contribution < 1.29 is 8.95 Å². The monoisotopic (exact) mass is 318 g/mol. The molecular weight excluding hydrogens is 296 g/mol. The summed E-state index contributed by atoms with van der Waals surface area (Å²) in [4.78, 5) is 4.22. The zero-order valence-electron chi connectivity index (χ0n) is 13.2. The second kappa shape index (κ2) is 7.51. The zero-order chi connectivity index (χ0) is 16.1. The van der Waals surface area contributed by atoms with Gasteiger partial charge in [0.25, 0.3) is 0 Å². The molecule has 0 amide bonds. The Morgan fingerprint density at radius 3 is 2.64 bits per heavy atom. The number of benzene rings is 1. The molecule has 1 aromatic heterocycles. The van der Waals surface area contributed by atoms with Crippen LogP contribution in [0.15, 0.2) is 42.6 Å². The van der Waals surface area contributed by atoms with Gasteiger partial charge in [0, 0.05) is 10.9 Å². The van der Waals surface area contributed by atoms with Gasteiger partial charge in [-0.05, 0) is 56.0 Å². The maximum absolute atomic E-state index is 11.3. The van der Waals surface area contributed by atoms with Gasteiger partial charge in [-0.2, -0.15) is 0 Å². The van der Waals surface area contributed by atoms with E-state index in [-0.39, 0.29) is 11.2 Å². The molecule has 2 unspecified atom stereocenters. The number of pyridine rings is 1. The molecule has 0 saturated carbocycles. The van der Waals surface area contributed by atoms with Gasteiger partial charge in [-0.1, -0.05) is 19.1 Å². The summed E-state index contributed by atoms with van der Waals surface area (Å²) in [6.07, 6.45) is 2.49. The summed E-state index contributed by atoms with van der Waals surface area (Å²) in [6, 6.07) is 11.8. The molecule has 4 nitrogen and oxygen atoms in total. The quantitative estimate of drug-likeness (QED) is 0.883. The van der Waals surface area contributed by atoms with Crippen molar-refractivity contribution in [2.75, 3.05) is 0 Å². The Balaban J connectivity index is 2.09. The summed E-state index contributed by atoms with van der Waals surface area (Å²) in [5.74, 6) is 1.76. The molecule has 118 valence electrons. The molecular formula is C17H22N2O2S. The van der Waals surface area contributed by atoms with Crippen LogP contribution in [0.3, 0.4) is 0 Å². The fraction of sp³-hybridized carbons (Fsp3) is 0.353. The number of ether oxygens (including phenoxy) is 1. The minimum atomic E-state index is -1.28. The Morgan fingerprint density at radius 1 is 1.23 bits per heavy atom. The second-order valence-electron chi connectivity index (χ2n) is 5.59. The van der Waals surface area contributed by atoms with Gasteiger partial charge in [-0.25, -0.2) is 4.21 Å². The molecule has 0 radical (unpaired) electrons. The molecule has 1 aromatic carbocycles. The third-order valence-corrected chi connectivity index (χ3v) is 4.61. The number of nitrogens with two attached hydrogens (primary N) is 1. The zero-order valence-corrected chi connectivity index (χ0v) is 14.0. The van der Waals surface area contributed by atoms with Crippen molar-refractivity contribution in [3.63, 3.8) is 0 Å². The highest BCUT2D eigenvalue weighted by atomic mass is 32.2. The second-order valence-corrected chi connectivity index (χ2v) is 7.05. The maximum atomic E-state index is 11.3. The van der Waals surface area contributed by atoms with Crippen LogP contribution in [-0.2, 0) is 11.0 Å². The number of aromatic nitrogens is 1. The van der Waals surface area contributed by atoms with Crippen LogP contribution in [0.5, 0.6) is 11.5 Å². The van der Waals surface area contributed by atoms with Crippen molar-refractivity contribution >= 4 is 11.0 Å². The van der Waals surface area contributed by atoms with E-state index in [0.29, 0.717) is 5.75 Å². The van der Waals surface area contributed by atoms with Gasteiger partial charge in [0.2, 0.25) is 0 Å². The van der Waals surface area contributed by atoms with E-state index in [2.05, 4.69) is 18.0 Å². The van der Waals surface area contributed by atoms with Crippen LogP contribution in [0, 0.1) is 6.92 Å². The first kappa shape index (κ1) is 16.6. The lowest BCUT2D eigenvalue weighted by molar-refractivity contribution is 0.478. The molecule has 22 heavy (non-hydrogen) atoms. The van der Waals surface area contributed by atoms with Crippen LogP contribution < -0.4 is 9.88 Å². The summed E-state index contributed by atoms with van der Waals surface area (Å²) in [7, 11) is -1.28. The highest BCUT2D eigenvalue weighted by Gasteiger charge is 2.14. The molecule has 0 aliphatic heterocycles. The molecule has 3 atom stereocenters. The predicted molar refractivity (Wildman–Crippen MR) is 90.3 cm³/mol. The molecule has 2 aromatic rings. The van der Waals surface area contributed by atoms with E-state index < -0.39 is 11.0 Å². The van der Waals surface area contributed by atoms with Crippen molar-refractivity contribution in [2.24, 2.45) is 5.14 Å². The fourth-order valence-corrected chi connectivity index (χ4v) is 2.74. The minimum absolute atomic E-state index is 0.0270. The van der Waals surface area contributed by atoms with E-state index in [1.165, 1.54) is 0 Å². The van der Waals surface area contributed by atoms with E-state index in [1.54, 1.807) is 6.20 Å². The first-order chi connectivity index (χ1) is 10.5. The minimum Gasteiger partial charge on any atom is -0.456 e. The topological polar surface area (TPSA) is 65.2 Å². The number of hydrogen-bond donors (Lipinski definition) is 1. The van der Waals surface area contributed by atoms with Crippen LogP contribution in [0.25, 0.3) is 0 Å². The van der Waals surface area contributed by atoms with E-state index in [1.807, 2.05) is 44.2 Å². The summed E-state index contributed by atoms with van der Waals surface area (Å²) >= 11 is 0. The number of rotatable bonds is 6. The molecule has 0 fully saturated rings. The largest absolute Gasteiger partial charge is 0.456 e. The first-order valence-electron chi connectivity index (χ1n) is 7.31. The van der Waals surface area contributed by atoms with E-state index in [0.717, 1.165) is 23.4 Å². The van der Waals surface area contributed by atoms with Gasteiger partial charge >= 0.3 is 0 Å². The lowest BCUT2D eigenvalue weighted by atomic mass is 9.96. The fourth-order valence-electron chi connectivity index (χ4n) is 2.26. The van der Waals surface area contributed by atoms with E-state index in [4.69, 9.17) is 9.88 Å². The van der Waals surface area contributed by atoms with Crippen molar-refractivity contribution in [3.8, 4) is 11.5 Å². The normalized spacial score (nSPS) is 15.1. The predicted octanol–water partition coefficient (Wildman–Crippen LogP) is 3.69. The Kier molecular flexibility index (Phi) is 5.69. The van der Waals surface area contributed by atoms with Crippen molar-refractivity contribution in [1.82, 2.24) is 4.98 Å². The van der Waals surface area contributed by atoms with Crippen molar-refractivity contribution in [1.29, 1.82) is 0 Å². The third kappa shape index (κ3) is 4.64. The molecule has 0 aliphatic carbocycles. The molecule has 0 bridgehead atoms. The molecule has 0 saturated heterocycles. The van der Waals surface area contributed by atoms with Gasteiger partial charge in [0.05, 0.1) is 17.2 Å². The standard InChI is InChI=1S/C17H22N2O2S/c1-12(9-14(3)22(18)20)15-5-4-6-16(10-15)21-17-8-7-13(2)19-11-17/h4-8,10-12,14H,9,18H2,1-3H3/t12-,14?,22?/m0/s1. The van der Waals surface area contributed by atoms with Crippen molar-refractivity contribution in [2.45, 2.75) is 38.4 Å². The summed E-state index contributed by atoms with van der Waals surface area (Å²) < 4.78 is 17.1. The van der Waals surface area contributed by atoms with Crippen LogP contribution in [0.2, 0.25) is 0 Å². The van der Waals surface area contributed by atoms with Crippen molar-refractivity contribution in [3.05, 3.63) is 53.9 Å². The van der Waals surface area contributed by atoms with Crippen LogP contribution in [-0.4, -0.2) is 14.4 Å². The lowest BCUT2D eigenvalue weighted by Gasteiger charge is -2.16. The summed E-state index contributed by atoms with van der Waals surface area (Å²) in [6.45, 7) is 5.95. The molecule has 2 rings (SSSR count). The molecule has 0 aliphatic rings. The van der Waals surface area contributed by atoms with Crippen LogP contribution >= 0.6 is 0 Å². The SMILES string of the molecule is Cc1ccc(Oc2cccc([C@@H](C)CC(C)S(N)=O)c2)cn1. The van der Waals surface area contributed by atoms with E-state index in [9.17, 15) is 4.21 Å². The Morgan fingerprint density at radius 2 is 2.00 bits per heavy atom. The van der Waals surface area contributed by atoms with Gasteiger partial charge in [-0.15, -0.1) is 0 Å². The smallest absolute Gasteiger partial charge is 0.145 e. The van der Waals surface area contributed by atoms with Gasteiger partial charge in [0.1, 0.15) is 11.5 Å². The first-order valence-corrected chi connectivity index (χ1v) is 8.58. The number of hydrogen-bond acceptors (Lipinski definition) is 3. The molecule has 1 heterocycles. The maximum Gasteiger partial charge on any atom is 0.145 e. The molecule has 0 spiro atoms. The van der Waals surface area contributed by atoms with Gasteiger partial charge < -0.3 is 4.74 Å². The highest BCUT2D eigenvalue weighted by molar-refractivity contribution is 7.83. The van der Waals surface area contributed by atoms with E-state index >= 15 is 0 Å². The average Bonchev–Trinajstić information content (AvgIpc) is 2.49. The Labute approximate surface area is 134 Å².